The van der Waals surface area contributed by atoms with Crippen molar-refractivity contribution >= 4 is 37.9 Å². The summed E-state index contributed by atoms with van der Waals surface area (Å²) in [6.07, 6.45) is 4.26. The third kappa shape index (κ3) is 5.99. The van der Waals surface area contributed by atoms with Gasteiger partial charge >= 0.3 is 0 Å². The molecular formula is C27H29N5O3S2. The molecule has 0 radical (unpaired) electrons. The first-order valence-electron chi connectivity index (χ1n) is 12.1. The Morgan fingerprint density at radius 2 is 2.00 bits per heavy atom. The Morgan fingerprint density at radius 3 is 2.73 bits per heavy atom. The number of aliphatic hydroxyl groups excluding tert-OH is 1. The average Bonchev–Trinajstić information content (AvgIpc) is 3.53. The average molecular weight is 536 g/mol. The van der Waals surface area contributed by atoms with E-state index in [2.05, 4.69) is 24.9 Å². The normalized spacial score (nSPS) is 13.9. The van der Waals surface area contributed by atoms with E-state index in [-0.39, 0.29) is 4.90 Å². The molecule has 0 saturated carbocycles. The molecule has 37 heavy (non-hydrogen) atoms. The Labute approximate surface area is 221 Å². The Balaban J connectivity index is 1.16. The Hall–Kier alpha value is -3.31. The second kappa shape index (κ2) is 11.0. The van der Waals surface area contributed by atoms with Crippen LogP contribution in [-0.4, -0.2) is 43.1 Å². The molecule has 3 N–H and O–H groups in total. The molecule has 8 nitrogen and oxygen atoms in total. The topological polar surface area (TPSA) is 107 Å². The van der Waals surface area contributed by atoms with E-state index in [9.17, 15) is 13.5 Å². The van der Waals surface area contributed by atoms with Gasteiger partial charge in [0.15, 0.2) is 5.13 Å². The lowest BCUT2D eigenvalue weighted by molar-refractivity contribution is 0.174. The Bertz CT molecular complexity index is 1460. The standard InChI is InChI=1S/C27H29N5O3S2/c1-19-18-36-27(30-19)32-14-11-21-15-24(8-9-25(21)32)37(34,35)31-23-6-4-20(5-7-23)10-13-29-17-26(33)22-3-2-12-28-16-22/h2-9,12,15-16,18,26,29,31,33H,10-11,13-14,17H2,1H3/t26-/m0/s1. The van der Waals surface area contributed by atoms with Gasteiger partial charge in [0.2, 0.25) is 0 Å². The van der Waals surface area contributed by atoms with Gasteiger partial charge in [-0.25, -0.2) is 13.4 Å². The molecular weight excluding hydrogens is 506 g/mol. The zero-order valence-electron chi connectivity index (χ0n) is 20.5. The molecule has 0 unspecified atom stereocenters. The first-order chi connectivity index (χ1) is 17.9. The van der Waals surface area contributed by atoms with Gasteiger partial charge in [0.25, 0.3) is 10.0 Å². The third-order valence-electron chi connectivity index (χ3n) is 6.30. The second-order valence-corrected chi connectivity index (χ2v) is 11.5. The molecule has 0 aliphatic carbocycles. The molecule has 2 aromatic heterocycles. The number of sulfonamides is 1. The van der Waals surface area contributed by atoms with Crippen molar-refractivity contribution in [2.45, 2.75) is 30.8 Å². The SMILES string of the molecule is Cc1csc(N2CCc3cc(S(=O)(=O)Nc4ccc(CCNC[C@H](O)c5cccnc5)cc4)ccc32)n1. The van der Waals surface area contributed by atoms with E-state index in [0.29, 0.717) is 18.8 Å². The molecule has 192 valence electrons. The monoisotopic (exact) mass is 535 g/mol. The fourth-order valence-corrected chi connectivity index (χ4v) is 6.28. The van der Waals surface area contributed by atoms with Gasteiger partial charge in [-0.05, 0) is 73.8 Å². The number of benzene rings is 2. The number of nitrogens with one attached hydrogen (secondary N) is 2. The minimum atomic E-state index is -3.71. The van der Waals surface area contributed by atoms with Crippen LogP contribution in [0.15, 0.2) is 77.3 Å². The summed E-state index contributed by atoms with van der Waals surface area (Å²) in [5.41, 5.74) is 5.37. The highest BCUT2D eigenvalue weighted by Crippen LogP contribution is 2.37. The maximum absolute atomic E-state index is 13.1. The van der Waals surface area contributed by atoms with E-state index in [4.69, 9.17) is 0 Å². The van der Waals surface area contributed by atoms with Gasteiger partial charge in [0.1, 0.15) is 0 Å². The van der Waals surface area contributed by atoms with Gasteiger partial charge in [0.05, 0.1) is 16.7 Å². The summed E-state index contributed by atoms with van der Waals surface area (Å²) in [5, 5.41) is 16.4. The van der Waals surface area contributed by atoms with Crippen LogP contribution < -0.4 is 14.9 Å². The van der Waals surface area contributed by atoms with Gasteiger partial charge < -0.3 is 15.3 Å². The van der Waals surface area contributed by atoms with Crippen LogP contribution in [0, 0.1) is 6.92 Å². The summed E-state index contributed by atoms with van der Waals surface area (Å²) in [7, 11) is -3.71. The van der Waals surface area contributed by atoms with Gasteiger partial charge in [-0.3, -0.25) is 9.71 Å². The van der Waals surface area contributed by atoms with Crippen molar-refractivity contribution in [3.05, 3.63) is 94.8 Å². The highest BCUT2D eigenvalue weighted by molar-refractivity contribution is 7.92. The number of aliphatic hydroxyl groups is 1. The van der Waals surface area contributed by atoms with E-state index in [1.165, 1.54) is 0 Å². The minimum Gasteiger partial charge on any atom is -0.387 e. The molecule has 0 bridgehead atoms. The number of pyridine rings is 1. The van der Waals surface area contributed by atoms with E-state index >= 15 is 0 Å². The van der Waals surface area contributed by atoms with Crippen LogP contribution in [0.3, 0.4) is 0 Å². The summed E-state index contributed by atoms with van der Waals surface area (Å²) in [6.45, 7) is 3.89. The summed E-state index contributed by atoms with van der Waals surface area (Å²) >= 11 is 1.60. The van der Waals surface area contributed by atoms with Crippen LogP contribution in [0.1, 0.15) is 28.5 Å². The van der Waals surface area contributed by atoms with E-state index in [0.717, 1.165) is 52.6 Å². The van der Waals surface area contributed by atoms with Crippen molar-refractivity contribution in [2.24, 2.45) is 0 Å². The largest absolute Gasteiger partial charge is 0.387 e. The van der Waals surface area contributed by atoms with Crippen LogP contribution in [0.4, 0.5) is 16.5 Å². The molecule has 1 aliphatic rings. The smallest absolute Gasteiger partial charge is 0.261 e. The first-order valence-corrected chi connectivity index (χ1v) is 14.5. The molecule has 0 fully saturated rings. The molecule has 5 rings (SSSR count). The molecule has 10 heteroatoms. The number of hydrogen-bond acceptors (Lipinski definition) is 8. The number of thiazole rings is 1. The van der Waals surface area contributed by atoms with E-state index < -0.39 is 16.1 Å². The number of hydrogen-bond donors (Lipinski definition) is 3. The highest BCUT2D eigenvalue weighted by Gasteiger charge is 2.25. The number of rotatable bonds is 10. The number of fused-ring (bicyclic) bond motifs is 1. The van der Waals surface area contributed by atoms with Gasteiger partial charge in [-0.2, -0.15) is 0 Å². The number of aromatic nitrogens is 2. The third-order valence-corrected chi connectivity index (χ3v) is 8.66. The number of aryl methyl sites for hydroxylation is 1. The molecule has 1 aliphatic heterocycles. The van der Waals surface area contributed by atoms with Crippen molar-refractivity contribution < 1.29 is 13.5 Å². The van der Waals surface area contributed by atoms with E-state index in [1.807, 2.05) is 36.6 Å². The van der Waals surface area contributed by atoms with Gasteiger partial charge in [-0.1, -0.05) is 18.2 Å². The molecule has 1 atom stereocenters. The maximum atomic E-state index is 13.1. The van der Waals surface area contributed by atoms with Crippen LogP contribution in [0.2, 0.25) is 0 Å². The van der Waals surface area contributed by atoms with Crippen LogP contribution in [-0.2, 0) is 22.9 Å². The zero-order valence-corrected chi connectivity index (χ0v) is 22.1. The fourth-order valence-electron chi connectivity index (χ4n) is 4.33. The van der Waals surface area contributed by atoms with Crippen molar-refractivity contribution in [3.63, 3.8) is 0 Å². The second-order valence-electron chi connectivity index (χ2n) is 9.02. The lowest BCUT2D eigenvalue weighted by atomic mass is 10.1. The highest BCUT2D eigenvalue weighted by atomic mass is 32.2. The first kappa shape index (κ1) is 25.3. The van der Waals surface area contributed by atoms with Gasteiger partial charge in [0, 0.05) is 47.8 Å². The zero-order chi connectivity index (χ0) is 25.8. The molecule has 2 aromatic carbocycles. The summed E-state index contributed by atoms with van der Waals surface area (Å²) < 4.78 is 28.8. The molecule has 0 saturated heterocycles. The van der Waals surface area contributed by atoms with Crippen molar-refractivity contribution in [1.29, 1.82) is 0 Å². The van der Waals surface area contributed by atoms with Crippen LogP contribution in [0.25, 0.3) is 0 Å². The molecule has 4 aromatic rings. The minimum absolute atomic E-state index is 0.254. The number of anilines is 3. The lowest BCUT2D eigenvalue weighted by Crippen LogP contribution is -2.23. The number of nitrogens with zero attached hydrogens (tertiary/aromatic N) is 3. The lowest BCUT2D eigenvalue weighted by Gasteiger charge is -2.16. The van der Waals surface area contributed by atoms with Crippen LogP contribution >= 0.6 is 11.3 Å². The predicted molar refractivity (Wildman–Crippen MR) is 147 cm³/mol. The predicted octanol–water partition coefficient (Wildman–Crippen LogP) is 4.21. The summed E-state index contributed by atoms with van der Waals surface area (Å²) in [4.78, 5) is 11.0. The van der Waals surface area contributed by atoms with Gasteiger partial charge in [-0.15, -0.1) is 11.3 Å². The van der Waals surface area contributed by atoms with Crippen LogP contribution in [0.5, 0.6) is 0 Å². The van der Waals surface area contributed by atoms with Crippen molar-refractivity contribution in [3.8, 4) is 0 Å². The fraction of sp³-hybridized carbons (Fsp3) is 0.259. The molecule has 0 spiro atoms. The van der Waals surface area contributed by atoms with Crippen molar-refractivity contribution in [1.82, 2.24) is 15.3 Å². The Morgan fingerprint density at radius 1 is 1.16 bits per heavy atom. The maximum Gasteiger partial charge on any atom is 0.261 e. The van der Waals surface area contributed by atoms with Crippen molar-refractivity contribution in [2.75, 3.05) is 29.3 Å². The summed E-state index contributed by atoms with van der Waals surface area (Å²) in [6, 6.07) is 16.3. The molecule has 3 heterocycles. The van der Waals surface area contributed by atoms with E-state index in [1.54, 1.807) is 54.1 Å². The summed E-state index contributed by atoms with van der Waals surface area (Å²) in [5.74, 6) is 0. The Kier molecular flexibility index (Phi) is 7.52. The quantitative estimate of drug-likeness (QED) is 0.261. The molecule has 0 amide bonds.